The maximum absolute atomic E-state index is 8.61. The van der Waals surface area contributed by atoms with Crippen molar-refractivity contribution in [2.75, 3.05) is 32.8 Å². The van der Waals surface area contributed by atoms with Crippen LogP contribution < -0.4 is 5.73 Å². The lowest BCUT2D eigenvalue weighted by Gasteiger charge is -2.12. The van der Waals surface area contributed by atoms with Crippen molar-refractivity contribution in [3.05, 3.63) is 0 Å². The normalized spacial score (nSPS) is 27.6. The Morgan fingerprint density at radius 2 is 2.40 bits per heavy atom. The molecule has 1 fully saturated rings. The fraction of sp³-hybridized carbons (Fsp3) is 1.00. The molecule has 1 atom stereocenters. The lowest BCUT2D eigenvalue weighted by molar-refractivity contribution is 0.217. The molecule has 1 aliphatic heterocycles. The first kappa shape index (κ1) is 7.98. The molecule has 3 N–H and O–H groups in total. The van der Waals surface area contributed by atoms with E-state index >= 15 is 0 Å². The predicted molar refractivity (Wildman–Crippen MR) is 40.7 cm³/mol. The number of hydrogen-bond acceptors (Lipinski definition) is 3. The lowest BCUT2D eigenvalue weighted by Crippen LogP contribution is -2.25. The van der Waals surface area contributed by atoms with Crippen LogP contribution in [-0.2, 0) is 0 Å². The molecule has 0 aliphatic carbocycles. The third kappa shape index (κ3) is 1.94. The number of nitrogens with zero attached hydrogens (tertiary/aromatic N) is 1. The number of hydrogen-bond donors (Lipinski definition) is 2. The van der Waals surface area contributed by atoms with Crippen LogP contribution in [0.2, 0.25) is 0 Å². The molecule has 3 heteroatoms. The van der Waals surface area contributed by atoms with Crippen LogP contribution in [0.5, 0.6) is 0 Å². The molecular weight excluding hydrogens is 128 g/mol. The van der Waals surface area contributed by atoms with Crippen molar-refractivity contribution in [2.24, 2.45) is 11.7 Å². The Balaban J connectivity index is 2.15. The fourth-order valence-electron chi connectivity index (χ4n) is 1.45. The van der Waals surface area contributed by atoms with Crippen LogP contribution in [0, 0.1) is 5.92 Å². The summed E-state index contributed by atoms with van der Waals surface area (Å²) in [6.07, 6.45) is 1.20. The van der Waals surface area contributed by atoms with Crippen LogP contribution in [0.4, 0.5) is 0 Å². The van der Waals surface area contributed by atoms with E-state index in [-0.39, 0.29) is 6.61 Å². The Morgan fingerprint density at radius 1 is 1.60 bits per heavy atom. The SMILES string of the molecule is NC[C@H]1CCN(CCO)C1. The van der Waals surface area contributed by atoms with Gasteiger partial charge in [-0.15, -0.1) is 0 Å². The van der Waals surface area contributed by atoms with Crippen molar-refractivity contribution in [1.82, 2.24) is 4.90 Å². The Morgan fingerprint density at radius 3 is 2.90 bits per heavy atom. The average Bonchev–Trinajstić information content (AvgIpc) is 2.37. The van der Waals surface area contributed by atoms with Gasteiger partial charge in [-0.25, -0.2) is 0 Å². The van der Waals surface area contributed by atoms with Gasteiger partial charge in [0.15, 0.2) is 0 Å². The van der Waals surface area contributed by atoms with Crippen molar-refractivity contribution < 1.29 is 5.11 Å². The molecule has 1 heterocycles. The van der Waals surface area contributed by atoms with E-state index in [1.807, 2.05) is 0 Å². The molecule has 1 saturated heterocycles. The molecule has 0 unspecified atom stereocenters. The molecule has 3 nitrogen and oxygen atoms in total. The van der Waals surface area contributed by atoms with E-state index in [1.165, 1.54) is 6.42 Å². The first-order valence-corrected chi connectivity index (χ1v) is 3.90. The molecule has 0 radical (unpaired) electrons. The monoisotopic (exact) mass is 144 g/mol. The number of likely N-dealkylation sites (tertiary alicyclic amines) is 1. The van der Waals surface area contributed by atoms with Gasteiger partial charge >= 0.3 is 0 Å². The smallest absolute Gasteiger partial charge is 0.0558 e. The van der Waals surface area contributed by atoms with Crippen molar-refractivity contribution in [1.29, 1.82) is 0 Å². The van der Waals surface area contributed by atoms with Crippen LogP contribution in [0.3, 0.4) is 0 Å². The first-order chi connectivity index (χ1) is 4.86. The van der Waals surface area contributed by atoms with Crippen molar-refractivity contribution in [3.8, 4) is 0 Å². The number of rotatable bonds is 3. The van der Waals surface area contributed by atoms with Gasteiger partial charge in [0, 0.05) is 13.1 Å². The number of aliphatic hydroxyl groups is 1. The Hall–Kier alpha value is -0.120. The molecule has 0 bridgehead atoms. The van der Waals surface area contributed by atoms with E-state index in [2.05, 4.69) is 4.90 Å². The molecule has 0 spiro atoms. The summed E-state index contributed by atoms with van der Waals surface area (Å²) in [5.74, 6) is 0.673. The summed E-state index contributed by atoms with van der Waals surface area (Å²) in [5, 5.41) is 8.61. The minimum absolute atomic E-state index is 0.275. The predicted octanol–water partition coefficient (Wildman–Crippen LogP) is -0.741. The molecule has 10 heavy (non-hydrogen) atoms. The Bertz CT molecular complexity index is 97.6. The zero-order chi connectivity index (χ0) is 7.40. The summed E-state index contributed by atoms with van der Waals surface area (Å²) in [5.41, 5.74) is 5.50. The van der Waals surface area contributed by atoms with Gasteiger partial charge in [-0.05, 0) is 25.4 Å². The zero-order valence-electron chi connectivity index (χ0n) is 6.29. The highest BCUT2D eigenvalue weighted by Gasteiger charge is 2.19. The molecule has 0 aromatic carbocycles. The molecule has 1 aliphatic rings. The van der Waals surface area contributed by atoms with Gasteiger partial charge < -0.3 is 15.7 Å². The summed E-state index contributed by atoms with van der Waals surface area (Å²) in [4.78, 5) is 2.26. The molecular formula is C7H16N2O. The van der Waals surface area contributed by atoms with E-state index < -0.39 is 0 Å². The van der Waals surface area contributed by atoms with Crippen LogP contribution in [0.25, 0.3) is 0 Å². The summed E-state index contributed by atoms with van der Waals surface area (Å²) in [6, 6.07) is 0. The third-order valence-electron chi connectivity index (χ3n) is 2.12. The van der Waals surface area contributed by atoms with Gasteiger partial charge in [-0.1, -0.05) is 0 Å². The quantitative estimate of drug-likeness (QED) is 0.548. The third-order valence-corrected chi connectivity index (χ3v) is 2.12. The Kier molecular flexibility index (Phi) is 3.12. The fourth-order valence-corrected chi connectivity index (χ4v) is 1.45. The van der Waals surface area contributed by atoms with Crippen LogP contribution in [-0.4, -0.2) is 42.8 Å². The average molecular weight is 144 g/mol. The minimum Gasteiger partial charge on any atom is -0.395 e. The van der Waals surface area contributed by atoms with Gasteiger partial charge in [-0.3, -0.25) is 0 Å². The number of aliphatic hydroxyl groups excluding tert-OH is 1. The number of nitrogens with two attached hydrogens (primary N) is 1. The second-order valence-electron chi connectivity index (χ2n) is 2.91. The summed E-state index contributed by atoms with van der Waals surface area (Å²) >= 11 is 0. The topological polar surface area (TPSA) is 49.5 Å². The highest BCUT2D eigenvalue weighted by Crippen LogP contribution is 2.13. The standard InChI is InChI=1S/C7H16N2O/c8-5-7-1-2-9(6-7)3-4-10/h7,10H,1-6,8H2/t7-/m1/s1. The first-order valence-electron chi connectivity index (χ1n) is 3.90. The molecule has 0 amide bonds. The molecule has 0 saturated carbocycles. The maximum atomic E-state index is 8.61. The molecule has 0 aromatic heterocycles. The van der Waals surface area contributed by atoms with Gasteiger partial charge in [0.1, 0.15) is 0 Å². The summed E-state index contributed by atoms with van der Waals surface area (Å²) in [6.45, 7) is 4.08. The summed E-state index contributed by atoms with van der Waals surface area (Å²) in [7, 11) is 0. The zero-order valence-corrected chi connectivity index (χ0v) is 6.29. The molecule has 1 rings (SSSR count). The highest BCUT2D eigenvalue weighted by atomic mass is 16.3. The van der Waals surface area contributed by atoms with Gasteiger partial charge in [0.25, 0.3) is 0 Å². The van der Waals surface area contributed by atoms with Crippen molar-refractivity contribution in [3.63, 3.8) is 0 Å². The van der Waals surface area contributed by atoms with E-state index in [9.17, 15) is 0 Å². The number of β-amino-alcohol motifs (C(OH)–C–C–N with tert-alkyl or cyclic N) is 1. The van der Waals surface area contributed by atoms with Gasteiger partial charge in [0.2, 0.25) is 0 Å². The molecule has 0 aromatic rings. The van der Waals surface area contributed by atoms with Crippen molar-refractivity contribution in [2.45, 2.75) is 6.42 Å². The van der Waals surface area contributed by atoms with Gasteiger partial charge in [0.05, 0.1) is 6.61 Å². The Labute approximate surface area is 61.8 Å². The second-order valence-corrected chi connectivity index (χ2v) is 2.91. The highest BCUT2D eigenvalue weighted by molar-refractivity contribution is 4.75. The van der Waals surface area contributed by atoms with Gasteiger partial charge in [-0.2, -0.15) is 0 Å². The van der Waals surface area contributed by atoms with E-state index in [4.69, 9.17) is 10.8 Å². The lowest BCUT2D eigenvalue weighted by atomic mass is 10.1. The van der Waals surface area contributed by atoms with E-state index in [1.54, 1.807) is 0 Å². The van der Waals surface area contributed by atoms with Crippen LogP contribution in [0.1, 0.15) is 6.42 Å². The van der Waals surface area contributed by atoms with Crippen LogP contribution in [0.15, 0.2) is 0 Å². The van der Waals surface area contributed by atoms with Crippen molar-refractivity contribution >= 4 is 0 Å². The largest absolute Gasteiger partial charge is 0.395 e. The van der Waals surface area contributed by atoms with E-state index in [0.717, 1.165) is 26.2 Å². The summed E-state index contributed by atoms with van der Waals surface area (Å²) < 4.78 is 0. The van der Waals surface area contributed by atoms with E-state index in [0.29, 0.717) is 5.92 Å². The second kappa shape index (κ2) is 3.91. The van der Waals surface area contributed by atoms with Crippen LogP contribution >= 0.6 is 0 Å². The molecule has 60 valence electrons. The minimum atomic E-state index is 0.275. The maximum Gasteiger partial charge on any atom is 0.0558 e.